The molecule has 8 heteroatoms. The van der Waals surface area contributed by atoms with Crippen molar-refractivity contribution in [3.63, 3.8) is 0 Å². The average Bonchev–Trinajstić information content (AvgIpc) is 2.77. The second-order valence-corrected chi connectivity index (χ2v) is 5.38. The minimum absolute atomic E-state index is 0.0433. The molecule has 6 nitrogen and oxygen atoms in total. The Morgan fingerprint density at radius 1 is 0.955 bits per heavy atom. The lowest BCUT2D eigenvalue weighted by Crippen LogP contribution is -2.01. The lowest BCUT2D eigenvalue weighted by Gasteiger charge is -2.07. The van der Waals surface area contributed by atoms with Crippen molar-refractivity contribution >= 4 is 34.8 Å². The van der Waals surface area contributed by atoms with Gasteiger partial charge in [-0.05, 0) is 67.4 Å². The highest BCUT2D eigenvalue weighted by Gasteiger charge is 2.06. The highest BCUT2D eigenvalue weighted by molar-refractivity contribution is 6.31. The lowest BCUT2D eigenvalue weighted by atomic mass is 10.2. The van der Waals surface area contributed by atoms with Crippen LogP contribution in [-0.2, 0) is 0 Å². The molecule has 3 rings (SSSR count). The average molecular weight is 335 g/mol. The molecule has 2 aromatic heterocycles. The Labute approximate surface area is 137 Å². The van der Waals surface area contributed by atoms with Crippen LogP contribution in [0.5, 0.6) is 0 Å². The van der Waals surface area contributed by atoms with Crippen molar-refractivity contribution in [3.05, 3.63) is 52.3 Å². The summed E-state index contributed by atoms with van der Waals surface area (Å²) in [5.74, 6) is 0.295. The van der Waals surface area contributed by atoms with Crippen LogP contribution in [0.15, 0.2) is 30.3 Å². The molecule has 0 saturated carbocycles. The van der Waals surface area contributed by atoms with Gasteiger partial charge in [0.25, 0.3) is 0 Å². The topological polar surface area (TPSA) is 68.5 Å². The summed E-state index contributed by atoms with van der Waals surface area (Å²) in [6.45, 7) is 3.98. The maximum Gasteiger partial charge on any atom is 0.232 e. The first kappa shape index (κ1) is 14.7. The molecule has 0 bridgehead atoms. The van der Waals surface area contributed by atoms with Gasteiger partial charge in [-0.15, -0.1) is 0 Å². The molecule has 0 amide bonds. The van der Waals surface area contributed by atoms with Crippen molar-refractivity contribution < 1.29 is 0 Å². The van der Waals surface area contributed by atoms with Gasteiger partial charge in [0.05, 0.1) is 11.4 Å². The van der Waals surface area contributed by atoms with E-state index in [1.54, 1.807) is 0 Å². The summed E-state index contributed by atoms with van der Waals surface area (Å²) in [6, 6.07) is 9.73. The standard InChI is InChI=1S/C14H12Cl2N6/c1-8-7-9(2)22(21-8)11-5-3-10(4-6-11)17-14-19-12(15)18-13(16)20-14/h3-7H,1-2H3,(H,17,18,19,20). The molecule has 0 atom stereocenters. The molecule has 2 heterocycles. The monoisotopic (exact) mass is 334 g/mol. The van der Waals surface area contributed by atoms with Crippen molar-refractivity contribution in [2.45, 2.75) is 13.8 Å². The second-order valence-electron chi connectivity index (χ2n) is 4.71. The van der Waals surface area contributed by atoms with Crippen LogP contribution in [-0.4, -0.2) is 24.7 Å². The van der Waals surface area contributed by atoms with E-state index in [1.807, 2.05) is 48.9 Å². The molecular formula is C14H12Cl2N6. The number of aryl methyl sites for hydroxylation is 2. The smallest absolute Gasteiger partial charge is 0.232 e. The van der Waals surface area contributed by atoms with Crippen LogP contribution in [0.2, 0.25) is 10.6 Å². The molecule has 0 aliphatic heterocycles. The summed E-state index contributed by atoms with van der Waals surface area (Å²) in [5, 5.41) is 7.56. The van der Waals surface area contributed by atoms with Crippen molar-refractivity contribution in [2.24, 2.45) is 0 Å². The molecule has 0 saturated heterocycles. The van der Waals surface area contributed by atoms with E-state index in [-0.39, 0.29) is 10.6 Å². The summed E-state index contributed by atoms with van der Waals surface area (Å²) >= 11 is 11.5. The SMILES string of the molecule is Cc1cc(C)n(-c2ccc(Nc3nc(Cl)nc(Cl)n3)cc2)n1. The predicted octanol–water partition coefficient (Wildman–Crippen LogP) is 3.72. The molecule has 1 aromatic carbocycles. The Morgan fingerprint density at radius 3 is 2.14 bits per heavy atom. The van der Waals surface area contributed by atoms with Crippen molar-refractivity contribution in [2.75, 3.05) is 5.32 Å². The van der Waals surface area contributed by atoms with Crippen LogP contribution in [0.25, 0.3) is 5.69 Å². The van der Waals surface area contributed by atoms with Gasteiger partial charge in [-0.1, -0.05) is 0 Å². The normalized spacial score (nSPS) is 10.7. The van der Waals surface area contributed by atoms with Crippen LogP contribution in [0.1, 0.15) is 11.4 Å². The molecule has 0 unspecified atom stereocenters. The van der Waals surface area contributed by atoms with Crippen LogP contribution < -0.4 is 5.32 Å². The summed E-state index contributed by atoms with van der Waals surface area (Å²) in [4.78, 5) is 11.6. The molecule has 0 aliphatic carbocycles. The van der Waals surface area contributed by atoms with E-state index in [0.29, 0.717) is 5.95 Å². The molecular weight excluding hydrogens is 323 g/mol. The highest BCUT2D eigenvalue weighted by Crippen LogP contribution is 2.19. The van der Waals surface area contributed by atoms with Gasteiger partial charge in [0.15, 0.2) is 0 Å². The minimum Gasteiger partial charge on any atom is -0.324 e. The number of halogens is 2. The van der Waals surface area contributed by atoms with E-state index in [2.05, 4.69) is 25.4 Å². The molecule has 0 aliphatic rings. The fourth-order valence-corrected chi connectivity index (χ4v) is 2.45. The second kappa shape index (κ2) is 5.90. The highest BCUT2D eigenvalue weighted by atomic mass is 35.5. The number of benzene rings is 1. The minimum atomic E-state index is 0.0433. The molecule has 112 valence electrons. The van der Waals surface area contributed by atoms with Gasteiger partial charge < -0.3 is 5.32 Å². The fourth-order valence-electron chi connectivity index (χ4n) is 2.09. The summed E-state index contributed by atoms with van der Waals surface area (Å²) in [6.07, 6.45) is 0. The number of nitrogens with zero attached hydrogens (tertiary/aromatic N) is 5. The van der Waals surface area contributed by atoms with E-state index < -0.39 is 0 Å². The maximum atomic E-state index is 5.74. The zero-order valence-electron chi connectivity index (χ0n) is 11.9. The molecule has 1 N–H and O–H groups in total. The van der Waals surface area contributed by atoms with Crippen molar-refractivity contribution in [1.29, 1.82) is 0 Å². The fraction of sp³-hybridized carbons (Fsp3) is 0.143. The quantitative estimate of drug-likeness (QED) is 0.790. The summed E-state index contributed by atoms with van der Waals surface area (Å²) in [7, 11) is 0. The van der Waals surface area contributed by atoms with Gasteiger partial charge in [0.1, 0.15) is 0 Å². The van der Waals surface area contributed by atoms with Gasteiger partial charge in [0.2, 0.25) is 16.5 Å². The largest absolute Gasteiger partial charge is 0.324 e. The third-order valence-corrected chi connectivity index (χ3v) is 3.30. The van der Waals surface area contributed by atoms with E-state index >= 15 is 0 Å². The maximum absolute atomic E-state index is 5.74. The number of anilines is 2. The summed E-state index contributed by atoms with van der Waals surface area (Å²) < 4.78 is 1.88. The van der Waals surface area contributed by atoms with Gasteiger partial charge in [-0.25, -0.2) is 4.68 Å². The van der Waals surface area contributed by atoms with Crippen LogP contribution >= 0.6 is 23.2 Å². The van der Waals surface area contributed by atoms with Crippen molar-refractivity contribution in [1.82, 2.24) is 24.7 Å². The molecule has 0 spiro atoms. The first-order chi connectivity index (χ1) is 10.5. The third kappa shape index (κ3) is 3.18. The van der Waals surface area contributed by atoms with Crippen LogP contribution in [0.3, 0.4) is 0 Å². The number of hydrogen-bond acceptors (Lipinski definition) is 5. The summed E-state index contributed by atoms with van der Waals surface area (Å²) in [5.41, 5.74) is 3.84. The number of hydrogen-bond donors (Lipinski definition) is 1. The van der Waals surface area contributed by atoms with Crippen LogP contribution in [0, 0.1) is 13.8 Å². The lowest BCUT2D eigenvalue weighted by molar-refractivity contribution is 0.834. The number of rotatable bonds is 3. The molecule has 3 aromatic rings. The Balaban J connectivity index is 1.84. The molecule has 0 radical (unpaired) electrons. The Bertz CT molecular complexity index is 792. The van der Waals surface area contributed by atoms with Crippen LogP contribution in [0.4, 0.5) is 11.6 Å². The van der Waals surface area contributed by atoms with Crippen molar-refractivity contribution in [3.8, 4) is 5.69 Å². The number of nitrogens with one attached hydrogen (secondary N) is 1. The van der Waals surface area contributed by atoms with E-state index in [0.717, 1.165) is 22.8 Å². The van der Waals surface area contributed by atoms with E-state index in [1.165, 1.54) is 0 Å². The Kier molecular flexibility index (Phi) is 3.96. The van der Waals surface area contributed by atoms with Gasteiger partial charge in [0, 0.05) is 11.4 Å². The molecule has 22 heavy (non-hydrogen) atoms. The van der Waals surface area contributed by atoms with Gasteiger partial charge in [-0.2, -0.15) is 20.1 Å². The van der Waals surface area contributed by atoms with Gasteiger partial charge in [-0.3, -0.25) is 0 Å². The van der Waals surface area contributed by atoms with Gasteiger partial charge >= 0.3 is 0 Å². The predicted molar refractivity (Wildman–Crippen MR) is 86.2 cm³/mol. The Morgan fingerprint density at radius 2 is 1.59 bits per heavy atom. The zero-order chi connectivity index (χ0) is 15.7. The first-order valence-corrected chi connectivity index (χ1v) is 7.25. The Hall–Kier alpha value is -2.18. The van der Waals surface area contributed by atoms with E-state index in [9.17, 15) is 0 Å². The number of aromatic nitrogens is 5. The van der Waals surface area contributed by atoms with E-state index in [4.69, 9.17) is 23.2 Å². The third-order valence-electron chi connectivity index (χ3n) is 2.96. The first-order valence-electron chi connectivity index (χ1n) is 6.49. The molecule has 0 fully saturated rings. The zero-order valence-corrected chi connectivity index (χ0v) is 13.4.